The number of aryl methyl sites for hydroxylation is 1. The third-order valence-electron chi connectivity index (χ3n) is 3.72. The van der Waals surface area contributed by atoms with Crippen molar-refractivity contribution in [2.24, 2.45) is 0 Å². The second-order valence-corrected chi connectivity index (χ2v) is 5.60. The van der Waals surface area contributed by atoms with E-state index in [1.807, 2.05) is 31.2 Å². The van der Waals surface area contributed by atoms with Gasteiger partial charge in [-0.3, -0.25) is 4.79 Å². The molecule has 0 atom stereocenters. The van der Waals surface area contributed by atoms with Gasteiger partial charge in [0.1, 0.15) is 17.7 Å². The maximum atomic E-state index is 12.0. The molecule has 0 radical (unpaired) electrons. The van der Waals surface area contributed by atoms with Crippen LogP contribution in [0.4, 0.5) is 0 Å². The predicted molar refractivity (Wildman–Crippen MR) is 93.5 cm³/mol. The van der Waals surface area contributed by atoms with Gasteiger partial charge in [0, 0.05) is 18.5 Å². The van der Waals surface area contributed by atoms with Crippen LogP contribution < -0.4 is 10.1 Å². The van der Waals surface area contributed by atoms with Crippen molar-refractivity contribution in [3.8, 4) is 17.2 Å². The summed E-state index contributed by atoms with van der Waals surface area (Å²) in [7, 11) is 1.56. The van der Waals surface area contributed by atoms with Crippen molar-refractivity contribution in [2.45, 2.75) is 13.3 Å². The number of nitrogens with one attached hydrogen (secondary N) is 1. The second-order valence-electron chi connectivity index (χ2n) is 5.60. The summed E-state index contributed by atoms with van der Waals surface area (Å²) in [5.74, 6) is 0.964. The smallest absolute Gasteiger partial charge is 0.269 e. The van der Waals surface area contributed by atoms with E-state index < -0.39 is 0 Å². The third kappa shape index (κ3) is 4.23. The normalized spacial score (nSPS) is 10.5. The quantitative estimate of drug-likeness (QED) is 0.748. The van der Waals surface area contributed by atoms with Crippen molar-refractivity contribution in [3.63, 3.8) is 0 Å². The Morgan fingerprint density at radius 3 is 2.68 bits per heavy atom. The Morgan fingerprint density at radius 2 is 2.00 bits per heavy atom. The summed E-state index contributed by atoms with van der Waals surface area (Å²) in [5.41, 5.74) is 3.26. The highest BCUT2D eigenvalue weighted by atomic mass is 16.5. The van der Waals surface area contributed by atoms with Crippen LogP contribution in [0.1, 0.15) is 21.7 Å². The molecular formula is C19H19N3O3. The molecule has 0 aliphatic heterocycles. The van der Waals surface area contributed by atoms with Crippen molar-refractivity contribution in [2.75, 3.05) is 13.7 Å². The Hall–Kier alpha value is -3.15. The Labute approximate surface area is 145 Å². The Bertz CT molecular complexity index is 839. The zero-order chi connectivity index (χ0) is 17.6. The number of carbonyl (C=O) groups is 1. The first-order valence-corrected chi connectivity index (χ1v) is 7.95. The first kappa shape index (κ1) is 16.7. The van der Waals surface area contributed by atoms with Crippen molar-refractivity contribution >= 4 is 5.91 Å². The molecule has 2 aromatic heterocycles. The fraction of sp³-hybridized carbons (Fsp3) is 0.211. The van der Waals surface area contributed by atoms with Crippen LogP contribution in [-0.2, 0) is 6.42 Å². The number of carbonyl (C=O) groups excluding carboxylic acids is 1. The Balaban J connectivity index is 1.53. The minimum atomic E-state index is -0.232. The van der Waals surface area contributed by atoms with Gasteiger partial charge in [0.2, 0.25) is 5.89 Å². The SMILES string of the molecule is COc1ccc(C(=O)NCCc2coc(-c3ccc(C)cc3)n2)nc1. The predicted octanol–water partition coefficient (Wildman–Crippen LogP) is 3.03. The minimum Gasteiger partial charge on any atom is -0.495 e. The molecular weight excluding hydrogens is 318 g/mol. The Kier molecular flexibility index (Phi) is 5.09. The molecule has 3 aromatic rings. The topological polar surface area (TPSA) is 77.2 Å². The van der Waals surface area contributed by atoms with Gasteiger partial charge in [0.05, 0.1) is 19.0 Å². The lowest BCUT2D eigenvalue weighted by Gasteiger charge is -2.04. The molecule has 1 amide bonds. The van der Waals surface area contributed by atoms with Crippen molar-refractivity contribution in [3.05, 3.63) is 65.8 Å². The molecule has 0 saturated carbocycles. The van der Waals surface area contributed by atoms with Crippen LogP contribution in [0.15, 0.2) is 53.3 Å². The summed E-state index contributed by atoms with van der Waals surface area (Å²) in [4.78, 5) is 20.5. The van der Waals surface area contributed by atoms with E-state index in [0.29, 0.717) is 30.3 Å². The molecule has 0 fully saturated rings. The molecule has 3 rings (SSSR count). The third-order valence-corrected chi connectivity index (χ3v) is 3.72. The van der Waals surface area contributed by atoms with Crippen LogP contribution in [0.3, 0.4) is 0 Å². The van der Waals surface area contributed by atoms with Gasteiger partial charge < -0.3 is 14.5 Å². The summed E-state index contributed by atoms with van der Waals surface area (Å²) >= 11 is 0. The summed E-state index contributed by atoms with van der Waals surface area (Å²) in [6, 6.07) is 11.3. The Morgan fingerprint density at radius 1 is 1.20 bits per heavy atom. The van der Waals surface area contributed by atoms with Crippen molar-refractivity contribution in [1.82, 2.24) is 15.3 Å². The van der Waals surface area contributed by atoms with E-state index in [1.165, 1.54) is 11.8 Å². The standard InChI is InChI=1S/C19H19N3O3/c1-13-3-5-14(6-4-13)19-22-15(12-25-19)9-10-20-18(23)17-8-7-16(24-2)11-21-17/h3-8,11-12H,9-10H2,1-2H3,(H,20,23). The lowest BCUT2D eigenvalue weighted by molar-refractivity contribution is 0.0949. The van der Waals surface area contributed by atoms with Gasteiger partial charge in [-0.25, -0.2) is 9.97 Å². The zero-order valence-electron chi connectivity index (χ0n) is 14.2. The number of methoxy groups -OCH3 is 1. The van der Waals surface area contributed by atoms with Gasteiger partial charge in [-0.2, -0.15) is 0 Å². The molecule has 2 heterocycles. The molecule has 0 aliphatic carbocycles. The molecule has 6 heteroatoms. The van der Waals surface area contributed by atoms with E-state index in [4.69, 9.17) is 9.15 Å². The van der Waals surface area contributed by atoms with E-state index in [-0.39, 0.29) is 5.91 Å². The van der Waals surface area contributed by atoms with E-state index in [9.17, 15) is 4.79 Å². The fourth-order valence-corrected chi connectivity index (χ4v) is 2.28. The number of hydrogen-bond donors (Lipinski definition) is 1. The summed E-state index contributed by atoms with van der Waals surface area (Å²) in [5, 5.41) is 2.82. The van der Waals surface area contributed by atoms with Crippen LogP contribution in [-0.4, -0.2) is 29.5 Å². The average Bonchev–Trinajstić information content (AvgIpc) is 3.11. The van der Waals surface area contributed by atoms with E-state index in [0.717, 1.165) is 11.3 Å². The maximum Gasteiger partial charge on any atom is 0.269 e. The minimum absolute atomic E-state index is 0.232. The highest BCUT2D eigenvalue weighted by molar-refractivity contribution is 5.92. The summed E-state index contributed by atoms with van der Waals surface area (Å²) in [6.45, 7) is 2.48. The molecule has 1 aromatic carbocycles. The van der Waals surface area contributed by atoms with Gasteiger partial charge >= 0.3 is 0 Å². The van der Waals surface area contributed by atoms with Crippen LogP contribution in [0.2, 0.25) is 0 Å². The number of pyridine rings is 1. The number of oxazole rings is 1. The first-order valence-electron chi connectivity index (χ1n) is 7.95. The highest BCUT2D eigenvalue weighted by Crippen LogP contribution is 2.19. The molecule has 0 bridgehead atoms. The van der Waals surface area contributed by atoms with E-state index in [2.05, 4.69) is 15.3 Å². The number of aromatic nitrogens is 2. The van der Waals surface area contributed by atoms with Crippen LogP contribution in [0.5, 0.6) is 5.75 Å². The highest BCUT2D eigenvalue weighted by Gasteiger charge is 2.09. The second kappa shape index (κ2) is 7.61. The summed E-state index contributed by atoms with van der Waals surface area (Å²) in [6.07, 6.45) is 3.71. The number of hydrogen-bond acceptors (Lipinski definition) is 5. The molecule has 0 unspecified atom stereocenters. The average molecular weight is 337 g/mol. The fourth-order valence-electron chi connectivity index (χ4n) is 2.28. The van der Waals surface area contributed by atoms with Gasteiger partial charge in [-0.15, -0.1) is 0 Å². The number of ether oxygens (including phenoxy) is 1. The van der Waals surface area contributed by atoms with Crippen molar-refractivity contribution < 1.29 is 13.9 Å². The maximum absolute atomic E-state index is 12.0. The van der Waals surface area contributed by atoms with Crippen LogP contribution in [0.25, 0.3) is 11.5 Å². The lowest BCUT2D eigenvalue weighted by atomic mass is 10.1. The molecule has 1 N–H and O–H groups in total. The van der Waals surface area contributed by atoms with Gasteiger partial charge in [0.15, 0.2) is 0 Å². The van der Waals surface area contributed by atoms with Gasteiger partial charge in [0.25, 0.3) is 5.91 Å². The molecule has 128 valence electrons. The first-order chi connectivity index (χ1) is 12.2. The van der Waals surface area contributed by atoms with Crippen molar-refractivity contribution in [1.29, 1.82) is 0 Å². The molecule has 0 aliphatic rings. The lowest BCUT2D eigenvalue weighted by Crippen LogP contribution is -2.26. The molecule has 25 heavy (non-hydrogen) atoms. The largest absolute Gasteiger partial charge is 0.495 e. The monoisotopic (exact) mass is 337 g/mol. The van der Waals surface area contributed by atoms with Crippen LogP contribution >= 0.6 is 0 Å². The molecule has 6 nitrogen and oxygen atoms in total. The number of rotatable bonds is 6. The summed E-state index contributed by atoms with van der Waals surface area (Å²) < 4.78 is 10.5. The van der Waals surface area contributed by atoms with E-state index >= 15 is 0 Å². The molecule has 0 saturated heterocycles. The van der Waals surface area contributed by atoms with Crippen LogP contribution in [0, 0.1) is 6.92 Å². The molecule has 0 spiro atoms. The van der Waals surface area contributed by atoms with Gasteiger partial charge in [-0.1, -0.05) is 17.7 Å². The van der Waals surface area contributed by atoms with E-state index in [1.54, 1.807) is 25.5 Å². The zero-order valence-corrected chi connectivity index (χ0v) is 14.2. The number of benzene rings is 1. The number of nitrogens with zero attached hydrogens (tertiary/aromatic N) is 2. The van der Waals surface area contributed by atoms with Gasteiger partial charge in [-0.05, 0) is 31.2 Å². The number of amides is 1.